The fraction of sp³-hybridized carbons (Fsp3) is 0.421. The third-order valence-corrected chi connectivity index (χ3v) is 4.70. The molecule has 2 heterocycles. The van der Waals surface area contributed by atoms with Crippen molar-refractivity contribution in [3.63, 3.8) is 0 Å². The fourth-order valence-corrected chi connectivity index (χ4v) is 3.28. The number of amides is 2. The molecule has 3 rings (SSSR count). The van der Waals surface area contributed by atoms with Crippen molar-refractivity contribution < 1.29 is 14.3 Å². The summed E-state index contributed by atoms with van der Waals surface area (Å²) in [4.78, 5) is 28.5. The maximum Gasteiger partial charge on any atom is 0.227 e. The largest absolute Gasteiger partial charge is 0.497 e. The van der Waals surface area contributed by atoms with Gasteiger partial charge in [-0.15, -0.1) is 0 Å². The summed E-state index contributed by atoms with van der Waals surface area (Å²) in [5.74, 6) is 0.737. The lowest BCUT2D eigenvalue weighted by atomic mass is 9.95. The molecule has 0 radical (unpaired) electrons. The second kappa shape index (κ2) is 8.03. The van der Waals surface area contributed by atoms with Crippen LogP contribution in [0, 0.1) is 5.92 Å². The number of carbonyl (C=O) groups excluding carboxylic acids is 2. The lowest BCUT2D eigenvalue weighted by Crippen LogP contribution is -2.45. The minimum absolute atomic E-state index is 0.0581. The Bertz CT molecular complexity index is 760. The maximum absolute atomic E-state index is 12.8. The molecule has 2 amide bonds. The van der Waals surface area contributed by atoms with Gasteiger partial charge in [-0.25, -0.2) is 0 Å². The van der Waals surface area contributed by atoms with E-state index < -0.39 is 0 Å². The number of methoxy groups -OCH3 is 1. The molecule has 1 aromatic carbocycles. The van der Waals surface area contributed by atoms with Gasteiger partial charge in [0, 0.05) is 32.8 Å². The summed E-state index contributed by atoms with van der Waals surface area (Å²) < 4.78 is 5.24. The number of aromatic amines is 1. The number of piperidine rings is 1. The van der Waals surface area contributed by atoms with Crippen LogP contribution in [0.25, 0.3) is 0 Å². The van der Waals surface area contributed by atoms with Crippen LogP contribution in [0.1, 0.15) is 24.1 Å². The van der Waals surface area contributed by atoms with Gasteiger partial charge in [-0.2, -0.15) is 5.10 Å². The summed E-state index contributed by atoms with van der Waals surface area (Å²) in [7, 11) is 3.40. The molecule has 1 aliphatic heterocycles. The first kappa shape index (κ1) is 18.0. The van der Waals surface area contributed by atoms with Crippen LogP contribution < -0.4 is 4.74 Å². The molecule has 7 heteroatoms. The quantitative estimate of drug-likeness (QED) is 0.856. The first-order valence-electron chi connectivity index (χ1n) is 8.70. The Morgan fingerprint density at radius 2 is 2.27 bits per heavy atom. The molecule has 0 spiro atoms. The second-order valence-corrected chi connectivity index (χ2v) is 6.64. The Kier molecular flexibility index (Phi) is 5.55. The first-order valence-corrected chi connectivity index (χ1v) is 8.70. The third kappa shape index (κ3) is 4.22. The molecule has 1 N–H and O–H groups in total. The van der Waals surface area contributed by atoms with E-state index in [-0.39, 0.29) is 17.7 Å². The van der Waals surface area contributed by atoms with E-state index in [0.29, 0.717) is 32.5 Å². The molecule has 26 heavy (non-hydrogen) atoms. The Hall–Kier alpha value is -2.83. The van der Waals surface area contributed by atoms with Crippen LogP contribution in [0.15, 0.2) is 36.5 Å². The molecule has 1 aliphatic rings. The van der Waals surface area contributed by atoms with Gasteiger partial charge in [-0.1, -0.05) is 12.1 Å². The van der Waals surface area contributed by atoms with Gasteiger partial charge in [0.2, 0.25) is 11.8 Å². The molecule has 138 valence electrons. The SMILES string of the molecule is COc1cccc(CN2C[C@@H](C(=O)N(C)Cc3ccn[nH]3)CCC2=O)c1. The average Bonchev–Trinajstić information content (AvgIpc) is 3.16. The minimum Gasteiger partial charge on any atom is -0.497 e. The van der Waals surface area contributed by atoms with Gasteiger partial charge in [0.05, 0.1) is 25.3 Å². The van der Waals surface area contributed by atoms with Crippen LogP contribution in [0.2, 0.25) is 0 Å². The molecule has 0 aliphatic carbocycles. The van der Waals surface area contributed by atoms with E-state index in [0.717, 1.165) is 17.0 Å². The monoisotopic (exact) mass is 356 g/mol. The number of ether oxygens (including phenoxy) is 1. The van der Waals surface area contributed by atoms with Gasteiger partial charge in [-0.05, 0) is 30.2 Å². The van der Waals surface area contributed by atoms with Crippen LogP contribution in [-0.2, 0) is 22.7 Å². The summed E-state index contributed by atoms with van der Waals surface area (Å²) in [5, 5.41) is 6.77. The van der Waals surface area contributed by atoms with E-state index in [9.17, 15) is 9.59 Å². The topological polar surface area (TPSA) is 78.5 Å². The Labute approximate surface area is 152 Å². The summed E-state index contributed by atoms with van der Waals surface area (Å²) in [5.41, 5.74) is 1.89. The van der Waals surface area contributed by atoms with Gasteiger partial charge in [0.25, 0.3) is 0 Å². The van der Waals surface area contributed by atoms with Crippen molar-refractivity contribution in [3.8, 4) is 5.75 Å². The summed E-state index contributed by atoms with van der Waals surface area (Å²) in [6.07, 6.45) is 2.67. The van der Waals surface area contributed by atoms with E-state index in [1.807, 2.05) is 30.3 Å². The van der Waals surface area contributed by atoms with Gasteiger partial charge < -0.3 is 14.5 Å². The van der Waals surface area contributed by atoms with E-state index in [1.165, 1.54) is 0 Å². The van der Waals surface area contributed by atoms with E-state index in [4.69, 9.17) is 4.74 Å². The van der Waals surface area contributed by atoms with Gasteiger partial charge in [0.1, 0.15) is 5.75 Å². The van der Waals surface area contributed by atoms with E-state index >= 15 is 0 Å². The van der Waals surface area contributed by atoms with Crippen molar-refractivity contribution in [1.29, 1.82) is 0 Å². The number of aromatic nitrogens is 2. The third-order valence-electron chi connectivity index (χ3n) is 4.70. The normalized spacial score (nSPS) is 17.2. The van der Waals surface area contributed by atoms with Gasteiger partial charge in [-0.3, -0.25) is 14.7 Å². The molecular formula is C19H24N4O3. The zero-order valence-electron chi connectivity index (χ0n) is 15.1. The molecule has 0 bridgehead atoms. The molecule has 1 fully saturated rings. The van der Waals surface area contributed by atoms with Crippen LogP contribution in [0.4, 0.5) is 0 Å². The van der Waals surface area contributed by atoms with E-state index in [2.05, 4.69) is 10.2 Å². The summed E-state index contributed by atoms with van der Waals surface area (Å²) >= 11 is 0. The highest BCUT2D eigenvalue weighted by Crippen LogP contribution is 2.23. The Balaban J connectivity index is 1.63. The summed E-state index contributed by atoms with van der Waals surface area (Å²) in [6, 6.07) is 9.51. The predicted octanol–water partition coefficient (Wildman–Crippen LogP) is 1.82. The van der Waals surface area contributed by atoms with E-state index in [1.54, 1.807) is 30.2 Å². The molecule has 1 aromatic heterocycles. The predicted molar refractivity (Wildman–Crippen MR) is 96.2 cm³/mol. The molecule has 2 aromatic rings. The molecule has 0 unspecified atom stereocenters. The molecule has 1 atom stereocenters. The van der Waals surface area contributed by atoms with Crippen LogP contribution in [-0.4, -0.2) is 52.5 Å². The number of nitrogens with zero attached hydrogens (tertiary/aromatic N) is 3. The number of carbonyl (C=O) groups is 2. The Morgan fingerprint density at radius 1 is 1.42 bits per heavy atom. The fourth-order valence-electron chi connectivity index (χ4n) is 3.28. The van der Waals surface area contributed by atoms with Gasteiger partial charge in [0.15, 0.2) is 0 Å². The van der Waals surface area contributed by atoms with Crippen LogP contribution >= 0.6 is 0 Å². The average molecular weight is 356 g/mol. The number of likely N-dealkylation sites (tertiary alicyclic amines) is 1. The van der Waals surface area contributed by atoms with Crippen molar-refractivity contribution in [2.75, 3.05) is 20.7 Å². The zero-order chi connectivity index (χ0) is 18.5. The minimum atomic E-state index is -0.175. The summed E-state index contributed by atoms with van der Waals surface area (Å²) in [6.45, 7) is 1.42. The van der Waals surface area contributed by atoms with Crippen LogP contribution in [0.5, 0.6) is 5.75 Å². The number of H-pyrrole nitrogens is 1. The molecule has 7 nitrogen and oxygen atoms in total. The lowest BCUT2D eigenvalue weighted by molar-refractivity contribution is -0.143. The van der Waals surface area contributed by atoms with Crippen molar-refractivity contribution in [2.24, 2.45) is 5.92 Å². The zero-order valence-corrected chi connectivity index (χ0v) is 15.1. The lowest BCUT2D eigenvalue weighted by Gasteiger charge is -2.34. The molecular weight excluding hydrogens is 332 g/mol. The highest BCUT2D eigenvalue weighted by atomic mass is 16.5. The number of hydrogen-bond donors (Lipinski definition) is 1. The highest BCUT2D eigenvalue weighted by Gasteiger charge is 2.31. The number of rotatable bonds is 6. The number of benzene rings is 1. The number of nitrogens with one attached hydrogen (secondary N) is 1. The second-order valence-electron chi connectivity index (χ2n) is 6.64. The van der Waals surface area contributed by atoms with Crippen molar-refractivity contribution in [1.82, 2.24) is 20.0 Å². The van der Waals surface area contributed by atoms with Crippen molar-refractivity contribution in [3.05, 3.63) is 47.8 Å². The highest BCUT2D eigenvalue weighted by molar-refractivity contribution is 5.83. The molecule has 0 saturated carbocycles. The standard InChI is InChI=1S/C19H24N4O3/c1-22(13-16-8-9-20-21-16)19(25)15-6-7-18(24)23(12-15)11-14-4-3-5-17(10-14)26-2/h3-5,8-10,15H,6-7,11-13H2,1-2H3,(H,20,21)/t15-/m0/s1. The number of hydrogen-bond acceptors (Lipinski definition) is 4. The Morgan fingerprint density at radius 3 is 3.00 bits per heavy atom. The van der Waals surface area contributed by atoms with Crippen molar-refractivity contribution in [2.45, 2.75) is 25.9 Å². The maximum atomic E-state index is 12.8. The first-order chi connectivity index (χ1) is 12.6. The van der Waals surface area contributed by atoms with Gasteiger partial charge >= 0.3 is 0 Å². The van der Waals surface area contributed by atoms with Crippen LogP contribution in [0.3, 0.4) is 0 Å². The molecule has 1 saturated heterocycles. The smallest absolute Gasteiger partial charge is 0.227 e. The van der Waals surface area contributed by atoms with Crippen molar-refractivity contribution >= 4 is 11.8 Å².